The molecule has 0 radical (unpaired) electrons. The van der Waals surface area contributed by atoms with E-state index in [1.807, 2.05) is 12.1 Å². The summed E-state index contributed by atoms with van der Waals surface area (Å²) in [7, 11) is 0. The molecule has 0 heterocycles. The maximum atomic E-state index is 6.32. The molecule has 0 saturated heterocycles. The minimum atomic E-state index is 0.0939. The molecule has 0 aliphatic heterocycles. The van der Waals surface area contributed by atoms with Crippen molar-refractivity contribution < 1.29 is 4.74 Å². The normalized spacial score (nSPS) is 15.7. The molecule has 2 heteroatoms. The highest BCUT2D eigenvalue weighted by Gasteiger charge is 2.23. The summed E-state index contributed by atoms with van der Waals surface area (Å²) in [5, 5.41) is 0. The number of benzene rings is 2. The second-order valence-corrected chi connectivity index (χ2v) is 5.87. The van der Waals surface area contributed by atoms with Gasteiger partial charge in [-0.25, -0.2) is 0 Å². The summed E-state index contributed by atoms with van der Waals surface area (Å²) in [5.74, 6) is 0.966. The van der Waals surface area contributed by atoms with Gasteiger partial charge in [0.1, 0.15) is 5.75 Å². The first kappa shape index (κ1) is 14.2. The molecule has 3 rings (SSSR count). The lowest BCUT2D eigenvalue weighted by atomic mass is 9.99. The highest BCUT2D eigenvalue weighted by Crippen LogP contribution is 2.28. The fourth-order valence-electron chi connectivity index (χ4n) is 2.53. The Balaban J connectivity index is 1.51. The Morgan fingerprint density at radius 1 is 1.05 bits per heavy atom. The summed E-state index contributed by atoms with van der Waals surface area (Å²) in [6, 6.07) is 19.0. The van der Waals surface area contributed by atoms with Crippen molar-refractivity contribution >= 4 is 0 Å². The molecule has 1 atom stereocenters. The molecule has 2 aromatic carbocycles. The zero-order chi connectivity index (χ0) is 14.5. The molecule has 1 fully saturated rings. The lowest BCUT2D eigenvalue weighted by Gasteiger charge is -2.13. The predicted octanol–water partition coefficient (Wildman–Crippen LogP) is 4.25. The fraction of sp³-hybridized carbons (Fsp3) is 0.368. The first-order valence-corrected chi connectivity index (χ1v) is 7.87. The topological polar surface area (TPSA) is 35.2 Å². The van der Waals surface area contributed by atoms with E-state index in [4.69, 9.17) is 10.5 Å². The van der Waals surface area contributed by atoms with Gasteiger partial charge in [-0.2, -0.15) is 0 Å². The van der Waals surface area contributed by atoms with Gasteiger partial charge in [0.25, 0.3) is 0 Å². The van der Waals surface area contributed by atoms with Crippen LogP contribution < -0.4 is 10.5 Å². The first-order chi connectivity index (χ1) is 10.3. The third-order valence-corrected chi connectivity index (χ3v) is 3.94. The van der Waals surface area contributed by atoms with E-state index in [9.17, 15) is 0 Å². The molecule has 2 N–H and O–H groups in total. The van der Waals surface area contributed by atoms with Gasteiger partial charge in [-0.05, 0) is 55.4 Å². The third kappa shape index (κ3) is 4.33. The van der Waals surface area contributed by atoms with E-state index in [1.54, 1.807) is 0 Å². The summed E-state index contributed by atoms with van der Waals surface area (Å²) in [5.41, 5.74) is 8.89. The maximum absolute atomic E-state index is 6.32. The number of rotatable bonds is 7. The Morgan fingerprint density at radius 3 is 2.62 bits per heavy atom. The molecule has 1 aliphatic rings. The second kappa shape index (κ2) is 6.77. The van der Waals surface area contributed by atoms with Crippen molar-refractivity contribution in [1.82, 2.24) is 0 Å². The molecule has 0 aromatic heterocycles. The lowest BCUT2D eigenvalue weighted by Crippen LogP contribution is -2.11. The van der Waals surface area contributed by atoms with Crippen molar-refractivity contribution in [3.8, 4) is 5.75 Å². The molecule has 0 spiro atoms. The Hall–Kier alpha value is -1.80. The molecule has 1 saturated carbocycles. The van der Waals surface area contributed by atoms with E-state index >= 15 is 0 Å². The van der Waals surface area contributed by atoms with Crippen molar-refractivity contribution in [1.29, 1.82) is 0 Å². The molecular formula is C19H23NO. The molecule has 2 nitrogen and oxygen atoms in total. The summed E-state index contributed by atoms with van der Waals surface area (Å²) in [4.78, 5) is 0. The highest BCUT2D eigenvalue weighted by molar-refractivity contribution is 5.31. The Bertz CT molecular complexity index is 563. The van der Waals surface area contributed by atoms with Gasteiger partial charge in [-0.15, -0.1) is 0 Å². The fourth-order valence-corrected chi connectivity index (χ4v) is 2.53. The van der Waals surface area contributed by atoms with Gasteiger partial charge in [0.05, 0.1) is 6.10 Å². The van der Waals surface area contributed by atoms with Gasteiger partial charge in [0, 0.05) is 6.04 Å². The van der Waals surface area contributed by atoms with Crippen molar-refractivity contribution in [2.75, 3.05) is 0 Å². The molecular weight excluding hydrogens is 258 g/mol. The molecule has 1 unspecified atom stereocenters. The monoisotopic (exact) mass is 281 g/mol. The van der Waals surface area contributed by atoms with Crippen LogP contribution in [0.15, 0.2) is 54.6 Å². The van der Waals surface area contributed by atoms with Crippen LogP contribution in [0.25, 0.3) is 0 Å². The predicted molar refractivity (Wildman–Crippen MR) is 86.4 cm³/mol. The molecule has 0 amide bonds. The van der Waals surface area contributed by atoms with Crippen LogP contribution >= 0.6 is 0 Å². The van der Waals surface area contributed by atoms with Gasteiger partial charge in [-0.1, -0.05) is 42.5 Å². The highest BCUT2D eigenvalue weighted by atomic mass is 16.5. The van der Waals surface area contributed by atoms with E-state index in [-0.39, 0.29) is 6.04 Å². The molecule has 21 heavy (non-hydrogen) atoms. The SMILES string of the molecule is NC(CCCc1ccccc1)c1cccc(OC2CC2)c1. The van der Waals surface area contributed by atoms with Crippen LogP contribution in [0.5, 0.6) is 5.75 Å². The van der Waals surface area contributed by atoms with Crippen molar-refractivity contribution in [3.63, 3.8) is 0 Å². The molecule has 1 aliphatic carbocycles. The number of hydrogen-bond donors (Lipinski definition) is 1. The summed E-state index contributed by atoms with van der Waals surface area (Å²) in [6.07, 6.45) is 6.02. The van der Waals surface area contributed by atoms with Crippen molar-refractivity contribution in [2.24, 2.45) is 5.73 Å². The van der Waals surface area contributed by atoms with E-state index < -0.39 is 0 Å². The Kier molecular flexibility index (Phi) is 4.56. The number of nitrogens with two attached hydrogens (primary N) is 1. The van der Waals surface area contributed by atoms with Crippen LogP contribution in [0.3, 0.4) is 0 Å². The average molecular weight is 281 g/mol. The Morgan fingerprint density at radius 2 is 1.86 bits per heavy atom. The van der Waals surface area contributed by atoms with Crippen molar-refractivity contribution in [2.45, 2.75) is 44.2 Å². The average Bonchev–Trinajstić information content (AvgIpc) is 3.32. The maximum Gasteiger partial charge on any atom is 0.120 e. The largest absolute Gasteiger partial charge is 0.490 e. The van der Waals surface area contributed by atoms with Crippen molar-refractivity contribution in [3.05, 3.63) is 65.7 Å². The number of ether oxygens (including phenoxy) is 1. The van der Waals surface area contributed by atoms with Crippen LogP contribution in [-0.2, 0) is 6.42 Å². The van der Waals surface area contributed by atoms with Crippen LogP contribution in [0.1, 0.15) is 42.9 Å². The van der Waals surface area contributed by atoms with Crippen LogP contribution in [0.4, 0.5) is 0 Å². The van der Waals surface area contributed by atoms with Crippen LogP contribution in [-0.4, -0.2) is 6.10 Å². The molecule has 110 valence electrons. The van der Waals surface area contributed by atoms with Gasteiger partial charge in [-0.3, -0.25) is 0 Å². The minimum Gasteiger partial charge on any atom is -0.490 e. The molecule has 0 bridgehead atoms. The van der Waals surface area contributed by atoms with Crippen LogP contribution in [0, 0.1) is 0 Å². The zero-order valence-electron chi connectivity index (χ0n) is 12.4. The first-order valence-electron chi connectivity index (χ1n) is 7.87. The summed E-state index contributed by atoms with van der Waals surface area (Å²) < 4.78 is 5.83. The minimum absolute atomic E-state index is 0.0939. The standard InChI is InChI=1S/C19H23NO/c20-19(11-4-8-15-6-2-1-3-7-15)16-9-5-10-18(14-16)21-17-12-13-17/h1-3,5-7,9-10,14,17,19H,4,8,11-13,20H2. The van der Waals surface area contributed by atoms with Gasteiger partial charge >= 0.3 is 0 Å². The van der Waals surface area contributed by atoms with E-state index in [2.05, 4.69) is 42.5 Å². The lowest BCUT2D eigenvalue weighted by molar-refractivity contribution is 0.302. The summed E-state index contributed by atoms with van der Waals surface area (Å²) in [6.45, 7) is 0. The van der Waals surface area contributed by atoms with E-state index in [0.717, 1.165) is 25.0 Å². The van der Waals surface area contributed by atoms with E-state index in [1.165, 1.54) is 24.0 Å². The summed E-state index contributed by atoms with van der Waals surface area (Å²) >= 11 is 0. The van der Waals surface area contributed by atoms with Gasteiger partial charge < -0.3 is 10.5 Å². The van der Waals surface area contributed by atoms with Gasteiger partial charge in [0.15, 0.2) is 0 Å². The van der Waals surface area contributed by atoms with Gasteiger partial charge in [0.2, 0.25) is 0 Å². The third-order valence-electron chi connectivity index (χ3n) is 3.94. The second-order valence-electron chi connectivity index (χ2n) is 5.87. The zero-order valence-corrected chi connectivity index (χ0v) is 12.4. The molecule has 2 aromatic rings. The number of aryl methyl sites for hydroxylation is 1. The number of hydrogen-bond acceptors (Lipinski definition) is 2. The quantitative estimate of drug-likeness (QED) is 0.823. The van der Waals surface area contributed by atoms with E-state index in [0.29, 0.717) is 6.10 Å². The van der Waals surface area contributed by atoms with Crippen LogP contribution in [0.2, 0.25) is 0 Å². The Labute approximate surface area is 126 Å². The smallest absolute Gasteiger partial charge is 0.120 e.